The first-order valence-electron chi connectivity index (χ1n) is 7.72. The van der Waals surface area contributed by atoms with Crippen molar-refractivity contribution in [3.63, 3.8) is 0 Å². The Morgan fingerprint density at radius 2 is 2.04 bits per heavy atom. The Morgan fingerprint density at radius 3 is 2.88 bits per heavy atom. The lowest BCUT2D eigenvalue weighted by Gasteiger charge is -2.08. The molecule has 4 nitrogen and oxygen atoms in total. The van der Waals surface area contributed by atoms with E-state index in [2.05, 4.69) is 10.3 Å². The molecule has 1 N–H and O–H groups in total. The summed E-state index contributed by atoms with van der Waals surface area (Å²) in [7, 11) is 0. The number of hydrogen-bond donors (Lipinski definition) is 1. The van der Waals surface area contributed by atoms with Crippen LogP contribution in [0.25, 0.3) is 10.9 Å². The highest BCUT2D eigenvalue weighted by molar-refractivity contribution is 6.29. The van der Waals surface area contributed by atoms with E-state index in [0.717, 1.165) is 22.2 Å². The van der Waals surface area contributed by atoms with E-state index in [1.165, 1.54) is 0 Å². The van der Waals surface area contributed by atoms with Gasteiger partial charge in [-0.1, -0.05) is 23.7 Å². The molecular weight excluding hydrogens is 324 g/mol. The van der Waals surface area contributed by atoms with Crippen LogP contribution in [0.4, 0.5) is 0 Å². The Morgan fingerprint density at radius 1 is 1.17 bits per heavy atom. The van der Waals surface area contributed by atoms with E-state index in [9.17, 15) is 4.79 Å². The summed E-state index contributed by atoms with van der Waals surface area (Å²) in [6.45, 7) is 3.00. The Hall–Kier alpha value is -2.59. The van der Waals surface area contributed by atoms with Crippen LogP contribution in [0.1, 0.15) is 22.8 Å². The molecule has 1 amide bonds. The number of carbonyl (C=O) groups excluding carboxylic acids is 1. The number of benzene rings is 2. The van der Waals surface area contributed by atoms with Crippen molar-refractivity contribution in [1.29, 1.82) is 0 Å². The number of nitrogens with zero attached hydrogens (tertiary/aromatic N) is 1. The predicted octanol–water partition coefficient (Wildman–Crippen LogP) is 4.22. The summed E-state index contributed by atoms with van der Waals surface area (Å²) in [4.78, 5) is 16.6. The Balaban J connectivity index is 1.70. The zero-order valence-electron chi connectivity index (χ0n) is 13.3. The maximum absolute atomic E-state index is 12.4. The van der Waals surface area contributed by atoms with E-state index in [4.69, 9.17) is 16.3 Å². The number of rotatable bonds is 5. The van der Waals surface area contributed by atoms with Crippen LogP contribution in [0.15, 0.2) is 54.6 Å². The molecule has 0 spiro atoms. The summed E-state index contributed by atoms with van der Waals surface area (Å²) in [5.74, 6) is 0.673. The molecule has 24 heavy (non-hydrogen) atoms. The van der Waals surface area contributed by atoms with E-state index in [1.807, 2.05) is 43.3 Å². The molecule has 0 unspecified atom stereocenters. The number of nitrogens with one attached hydrogen (secondary N) is 1. The van der Waals surface area contributed by atoms with Gasteiger partial charge in [0.05, 0.1) is 12.1 Å². The first kappa shape index (κ1) is 16.3. The van der Waals surface area contributed by atoms with Crippen LogP contribution in [-0.2, 0) is 6.54 Å². The third-order valence-electron chi connectivity index (χ3n) is 3.58. The SMILES string of the molecule is CCOc1cccc(CNC(=O)c2ccc3nc(Cl)ccc3c2)c1. The molecule has 0 aliphatic rings. The third kappa shape index (κ3) is 3.84. The van der Waals surface area contributed by atoms with Gasteiger partial charge in [-0.3, -0.25) is 4.79 Å². The lowest BCUT2D eigenvalue weighted by Crippen LogP contribution is -2.22. The molecule has 0 saturated heterocycles. The molecule has 0 atom stereocenters. The van der Waals surface area contributed by atoms with Crippen molar-refractivity contribution in [2.24, 2.45) is 0 Å². The number of halogens is 1. The molecule has 0 aliphatic heterocycles. The first-order chi connectivity index (χ1) is 11.7. The van der Waals surface area contributed by atoms with Crippen LogP contribution in [0.5, 0.6) is 5.75 Å². The van der Waals surface area contributed by atoms with Gasteiger partial charge in [-0.15, -0.1) is 0 Å². The minimum atomic E-state index is -0.131. The van der Waals surface area contributed by atoms with Crippen molar-refractivity contribution in [2.75, 3.05) is 6.61 Å². The Bertz CT molecular complexity index is 880. The monoisotopic (exact) mass is 340 g/mol. The number of pyridine rings is 1. The zero-order valence-corrected chi connectivity index (χ0v) is 14.0. The van der Waals surface area contributed by atoms with Gasteiger partial charge < -0.3 is 10.1 Å². The second-order valence-electron chi connectivity index (χ2n) is 5.30. The molecular formula is C19H17ClN2O2. The molecule has 3 aromatic rings. The van der Waals surface area contributed by atoms with E-state index in [-0.39, 0.29) is 5.91 Å². The van der Waals surface area contributed by atoms with Crippen molar-refractivity contribution in [2.45, 2.75) is 13.5 Å². The number of amides is 1. The van der Waals surface area contributed by atoms with Gasteiger partial charge >= 0.3 is 0 Å². The number of fused-ring (bicyclic) bond motifs is 1. The van der Waals surface area contributed by atoms with E-state index in [1.54, 1.807) is 18.2 Å². The molecule has 3 rings (SSSR count). The number of aromatic nitrogens is 1. The van der Waals surface area contributed by atoms with Crippen LogP contribution in [0, 0.1) is 0 Å². The fourth-order valence-electron chi connectivity index (χ4n) is 2.44. The minimum Gasteiger partial charge on any atom is -0.494 e. The average molecular weight is 341 g/mol. The van der Waals surface area contributed by atoms with Gasteiger partial charge in [-0.05, 0) is 55.0 Å². The van der Waals surface area contributed by atoms with E-state index < -0.39 is 0 Å². The van der Waals surface area contributed by atoms with Gasteiger partial charge in [0.1, 0.15) is 10.9 Å². The third-order valence-corrected chi connectivity index (χ3v) is 3.79. The van der Waals surface area contributed by atoms with Gasteiger partial charge in [-0.2, -0.15) is 0 Å². The highest BCUT2D eigenvalue weighted by Gasteiger charge is 2.07. The van der Waals surface area contributed by atoms with Crippen molar-refractivity contribution >= 4 is 28.4 Å². The number of carbonyl (C=O) groups is 1. The van der Waals surface area contributed by atoms with Crippen molar-refractivity contribution in [3.05, 3.63) is 70.9 Å². The van der Waals surface area contributed by atoms with Gasteiger partial charge in [0.2, 0.25) is 0 Å². The standard InChI is InChI=1S/C19H17ClN2O2/c1-2-24-16-5-3-4-13(10-16)12-21-19(23)15-6-8-17-14(11-15)7-9-18(20)22-17/h3-11H,2,12H2,1H3,(H,21,23). The summed E-state index contributed by atoms with van der Waals surface area (Å²) in [5.41, 5.74) is 2.35. The molecule has 0 radical (unpaired) electrons. The summed E-state index contributed by atoms with van der Waals surface area (Å²) in [6, 6.07) is 16.6. The minimum absolute atomic E-state index is 0.131. The normalized spacial score (nSPS) is 10.6. The van der Waals surface area contributed by atoms with Gasteiger partial charge in [0.25, 0.3) is 5.91 Å². The molecule has 0 fully saturated rings. The van der Waals surface area contributed by atoms with Crippen LogP contribution in [0.2, 0.25) is 5.15 Å². The molecule has 1 heterocycles. The molecule has 5 heteroatoms. The van der Waals surface area contributed by atoms with Crippen LogP contribution >= 0.6 is 11.6 Å². The second kappa shape index (κ2) is 7.32. The highest BCUT2D eigenvalue weighted by atomic mass is 35.5. The zero-order chi connectivity index (χ0) is 16.9. The van der Waals surface area contributed by atoms with Gasteiger partial charge in [0.15, 0.2) is 0 Å². The molecule has 2 aromatic carbocycles. The predicted molar refractivity (Wildman–Crippen MR) is 95.5 cm³/mol. The Labute approximate surface area is 145 Å². The quantitative estimate of drug-likeness (QED) is 0.707. The number of hydrogen-bond acceptors (Lipinski definition) is 3. The van der Waals surface area contributed by atoms with Crippen molar-refractivity contribution in [3.8, 4) is 5.75 Å². The molecule has 122 valence electrons. The van der Waals surface area contributed by atoms with E-state index in [0.29, 0.717) is 23.9 Å². The second-order valence-corrected chi connectivity index (χ2v) is 5.69. The maximum atomic E-state index is 12.4. The van der Waals surface area contributed by atoms with Crippen LogP contribution in [-0.4, -0.2) is 17.5 Å². The lowest BCUT2D eigenvalue weighted by molar-refractivity contribution is 0.0951. The van der Waals surface area contributed by atoms with Crippen molar-refractivity contribution in [1.82, 2.24) is 10.3 Å². The van der Waals surface area contributed by atoms with E-state index >= 15 is 0 Å². The summed E-state index contributed by atoms with van der Waals surface area (Å²) < 4.78 is 5.47. The Kier molecular flexibility index (Phi) is 4.96. The molecule has 0 bridgehead atoms. The average Bonchev–Trinajstić information content (AvgIpc) is 2.60. The van der Waals surface area contributed by atoms with Crippen LogP contribution < -0.4 is 10.1 Å². The largest absolute Gasteiger partial charge is 0.494 e. The topological polar surface area (TPSA) is 51.2 Å². The highest BCUT2D eigenvalue weighted by Crippen LogP contribution is 2.17. The van der Waals surface area contributed by atoms with Crippen LogP contribution in [0.3, 0.4) is 0 Å². The summed E-state index contributed by atoms with van der Waals surface area (Å²) in [6.07, 6.45) is 0. The first-order valence-corrected chi connectivity index (χ1v) is 8.10. The fraction of sp³-hybridized carbons (Fsp3) is 0.158. The van der Waals surface area contributed by atoms with Gasteiger partial charge in [0, 0.05) is 17.5 Å². The number of ether oxygens (including phenoxy) is 1. The summed E-state index contributed by atoms with van der Waals surface area (Å²) >= 11 is 5.87. The van der Waals surface area contributed by atoms with Crippen molar-refractivity contribution < 1.29 is 9.53 Å². The molecule has 1 aromatic heterocycles. The smallest absolute Gasteiger partial charge is 0.251 e. The fourth-order valence-corrected chi connectivity index (χ4v) is 2.59. The van der Waals surface area contributed by atoms with Gasteiger partial charge in [-0.25, -0.2) is 4.98 Å². The maximum Gasteiger partial charge on any atom is 0.251 e. The molecule has 0 saturated carbocycles. The lowest BCUT2D eigenvalue weighted by atomic mass is 10.1. The summed E-state index contributed by atoms with van der Waals surface area (Å²) in [5, 5.41) is 4.24. The molecule has 0 aliphatic carbocycles.